The van der Waals surface area contributed by atoms with Crippen molar-refractivity contribution in [2.24, 2.45) is 0 Å². The predicted molar refractivity (Wildman–Crippen MR) is 127 cm³/mol. The molecule has 0 fully saturated rings. The van der Waals surface area contributed by atoms with E-state index >= 15 is 0 Å². The fraction of sp³-hybridized carbons (Fsp3) is 0.0400. The highest BCUT2D eigenvalue weighted by Crippen LogP contribution is 2.41. The standard InChI is InChI=1S/C25H19Cl2N3/c1-16-7-9-18(10-8-16)24-22(17-11-13-19(26)14-12-17)23(27)21(15-28)25(30-24)29-20-5-3-2-4-6-20/h2-15,28H,1H3,(H,29,30). The number of nitrogens with zero attached hydrogens (tertiary/aromatic N) is 1. The number of hydrogen-bond donors (Lipinski definition) is 2. The summed E-state index contributed by atoms with van der Waals surface area (Å²) in [5.74, 6) is 0.537. The van der Waals surface area contributed by atoms with Crippen molar-refractivity contribution in [3.05, 3.63) is 100 Å². The SMILES string of the molecule is Cc1ccc(-c2nc(Nc3ccccc3)c(C=N)c(Cl)c2-c2ccc(Cl)cc2)cc1. The van der Waals surface area contributed by atoms with Gasteiger partial charge >= 0.3 is 0 Å². The van der Waals surface area contributed by atoms with Gasteiger partial charge in [-0.15, -0.1) is 0 Å². The fourth-order valence-electron chi connectivity index (χ4n) is 3.26. The molecule has 0 saturated carbocycles. The maximum Gasteiger partial charge on any atom is 0.141 e. The molecule has 0 radical (unpaired) electrons. The lowest BCUT2D eigenvalue weighted by Gasteiger charge is -2.18. The van der Waals surface area contributed by atoms with E-state index < -0.39 is 0 Å². The Kier molecular flexibility index (Phi) is 5.84. The summed E-state index contributed by atoms with van der Waals surface area (Å²) in [4.78, 5) is 4.92. The van der Waals surface area contributed by atoms with Crippen molar-refractivity contribution in [2.45, 2.75) is 6.92 Å². The maximum absolute atomic E-state index is 7.98. The van der Waals surface area contributed by atoms with E-state index in [9.17, 15) is 0 Å². The first-order chi connectivity index (χ1) is 14.6. The summed E-state index contributed by atoms with van der Waals surface area (Å²) in [6.07, 6.45) is 1.24. The van der Waals surface area contributed by atoms with Crippen molar-refractivity contribution in [3.63, 3.8) is 0 Å². The van der Waals surface area contributed by atoms with Crippen LogP contribution in [-0.4, -0.2) is 11.2 Å². The van der Waals surface area contributed by atoms with Crippen molar-refractivity contribution in [1.29, 1.82) is 5.41 Å². The number of para-hydroxylation sites is 1. The molecule has 0 bridgehead atoms. The summed E-state index contributed by atoms with van der Waals surface area (Å²) in [6, 6.07) is 25.4. The zero-order valence-corrected chi connectivity index (χ0v) is 17.8. The second-order valence-electron chi connectivity index (χ2n) is 6.92. The molecular weight excluding hydrogens is 413 g/mol. The molecule has 0 unspecified atom stereocenters. The smallest absolute Gasteiger partial charge is 0.141 e. The minimum absolute atomic E-state index is 0.469. The van der Waals surface area contributed by atoms with Crippen molar-refractivity contribution in [3.8, 4) is 22.4 Å². The molecule has 0 atom stereocenters. The number of aromatic nitrogens is 1. The van der Waals surface area contributed by atoms with Crippen LogP contribution in [0.3, 0.4) is 0 Å². The van der Waals surface area contributed by atoms with Gasteiger partial charge in [-0.25, -0.2) is 4.98 Å². The molecule has 1 aromatic heterocycles. The molecule has 4 rings (SSSR count). The first-order valence-corrected chi connectivity index (χ1v) is 10.2. The molecule has 2 N–H and O–H groups in total. The Bertz CT molecular complexity index is 1190. The van der Waals surface area contributed by atoms with Crippen LogP contribution in [0, 0.1) is 12.3 Å². The van der Waals surface area contributed by atoms with E-state index in [0.717, 1.165) is 33.6 Å². The Balaban J connectivity index is 1.97. The van der Waals surface area contributed by atoms with Crippen molar-refractivity contribution in [1.82, 2.24) is 4.98 Å². The molecule has 30 heavy (non-hydrogen) atoms. The van der Waals surface area contributed by atoms with Crippen LogP contribution in [0.15, 0.2) is 78.9 Å². The van der Waals surface area contributed by atoms with Gasteiger partial charge in [0.2, 0.25) is 0 Å². The quantitative estimate of drug-likeness (QED) is 0.317. The van der Waals surface area contributed by atoms with E-state index in [0.29, 0.717) is 21.4 Å². The zero-order valence-electron chi connectivity index (χ0n) is 16.3. The van der Waals surface area contributed by atoms with E-state index in [2.05, 4.69) is 5.32 Å². The summed E-state index contributed by atoms with van der Waals surface area (Å²) in [5.41, 5.74) is 5.92. The van der Waals surface area contributed by atoms with Gasteiger partial charge in [0.05, 0.1) is 16.3 Å². The second-order valence-corrected chi connectivity index (χ2v) is 7.73. The number of pyridine rings is 1. The number of hydrogen-bond acceptors (Lipinski definition) is 3. The minimum Gasteiger partial charge on any atom is -0.340 e. The molecule has 0 aliphatic heterocycles. The Hall–Kier alpha value is -3.14. The summed E-state index contributed by atoms with van der Waals surface area (Å²) >= 11 is 13.0. The van der Waals surface area contributed by atoms with Crippen LogP contribution < -0.4 is 5.32 Å². The number of aryl methyl sites for hydroxylation is 1. The van der Waals surface area contributed by atoms with E-state index in [1.54, 1.807) is 0 Å². The van der Waals surface area contributed by atoms with E-state index in [1.165, 1.54) is 6.21 Å². The monoisotopic (exact) mass is 431 g/mol. The Morgan fingerprint density at radius 3 is 2.10 bits per heavy atom. The lowest BCUT2D eigenvalue weighted by molar-refractivity contribution is 1.29. The molecular formula is C25H19Cl2N3. The zero-order chi connectivity index (χ0) is 21.1. The van der Waals surface area contributed by atoms with Crippen LogP contribution in [0.25, 0.3) is 22.4 Å². The average Bonchev–Trinajstić information content (AvgIpc) is 2.76. The molecule has 5 heteroatoms. The molecule has 0 saturated heterocycles. The molecule has 0 spiro atoms. The highest BCUT2D eigenvalue weighted by Gasteiger charge is 2.20. The topological polar surface area (TPSA) is 48.8 Å². The molecule has 1 heterocycles. The van der Waals surface area contributed by atoms with Crippen LogP contribution in [0.2, 0.25) is 10.0 Å². The molecule has 3 nitrogen and oxygen atoms in total. The lowest BCUT2D eigenvalue weighted by Crippen LogP contribution is -2.03. The molecule has 4 aromatic rings. The lowest BCUT2D eigenvalue weighted by atomic mass is 9.96. The fourth-order valence-corrected chi connectivity index (χ4v) is 3.72. The number of nitrogens with one attached hydrogen (secondary N) is 2. The van der Waals surface area contributed by atoms with Gasteiger partial charge < -0.3 is 10.7 Å². The van der Waals surface area contributed by atoms with Gasteiger partial charge in [-0.05, 0) is 36.8 Å². The van der Waals surface area contributed by atoms with Crippen LogP contribution >= 0.6 is 23.2 Å². The van der Waals surface area contributed by atoms with Crippen LogP contribution in [0.1, 0.15) is 11.1 Å². The third-order valence-electron chi connectivity index (χ3n) is 4.81. The van der Waals surface area contributed by atoms with E-state index in [4.69, 9.17) is 33.6 Å². The highest BCUT2D eigenvalue weighted by molar-refractivity contribution is 6.37. The highest BCUT2D eigenvalue weighted by atomic mass is 35.5. The number of rotatable bonds is 5. The summed E-state index contributed by atoms with van der Waals surface area (Å²) in [7, 11) is 0. The third kappa shape index (κ3) is 4.09. The van der Waals surface area contributed by atoms with Crippen molar-refractivity contribution < 1.29 is 0 Å². The predicted octanol–water partition coefficient (Wildman–Crippen LogP) is 7.77. The Morgan fingerprint density at radius 2 is 1.47 bits per heavy atom. The summed E-state index contributed by atoms with van der Waals surface area (Å²) in [6.45, 7) is 2.05. The molecule has 148 valence electrons. The van der Waals surface area contributed by atoms with Gasteiger partial charge in [-0.2, -0.15) is 0 Å². The first-order valence-electron chi connectivity index (χ1n) is 9.46. The van der Waals surface area contributed by atoms with Gasteiger partial charge in [0.25, 0.3) is 0 Å². The van der Waals surface area contributed by atoms with Gasteiger partial charge in [-0.3, -0.25) is 0 Å². The summed E-state index contributed by atoms with van der Waals surface area (Å²) in [5, 5.41) is 12.4. The van der Waals surface area contributed by atoms with Gasteiger partial charge in [-0.1, -0.05) is 83.4 Å². The van der Waals surface area contributed by atoms with Crippen molar-refractivity contribution >= 4 is 40.9 Å². The van der Waals surface area contributed by atoms with Gasteiger partial charge in [0, 0.05) is 28.1 Å². The molecule has 0 aliphatic carbocycles. The molecule has 0 aliphatic rings. The van der Waals surface area contributed by atoms with Crippen LogP contribution in [0.4, 0.5) is 11.5 Å². The number of halogens is 2. The largest absolute Gasteiger partial charge is 0.340 e. The molecule has 3 aromatic carbocycles. The van der Waals surface area contributed by atoms with Gasteiger partial charge in [0.1, 0.15) is 5.82 Å². The third-order valence-corrected chi connectivity index (χ3v) is 5.45. The first kappa shape index (κ1) is 20.1. The minimum atomic E-state index is 0.469. The van der Waals surface area contributed by atoms with Crippen LogP contribution in [-0.2, 0) is 0 Å². The maximum atomic E-state index is 7.98. The second kappa shape index (κ2) is 8.70. The summed E-state index contributed by atoms with van der Waals surface area (Å²) < 4.78 is 0. The average molecular weight is 432 g/mol. The van der Waals surface area contributed by atoms with Crippen molar-refractivity contribution in [2.75, 3.05) is 5.32 Å². The van der Waals surface area contributed by atoms with E-state index in [-0.39, 0.29) is 0 Å². The van der Waals surface area contributed by atoms with Crippen LogP contribution in [0.5, 0.6) is 0 Å². The Morgan fingerprint density at radius 1 is 0.833 bits per heavy atom. The normalized spacial score (nSPS) is 10.6. The Labute approximate surface area is 185 Å². The number of anilines is 2. The van der Waals surface area contributed by atoms with Gasteiger partial charge in [0.15, 0.2) is 0 Å². The molecule has 0 amide bonds. The number of benzene rings is 3. The van der Waals surface area contributed by atoms with E-state index in [1.807, 2.05) is 85.8 Å².